The van der Waals surface area contributed by atoms with E-state index in [4.69, 9.17) is 14.7 Å². The van der Waals surface area contributed by atoms with E-state index < -0.39 is 0 Å². The van der Waals surface area contributed by atoms with E-state index in [2.05, 4.69) is 15.9 Å². The Bertz CT molecular complexity index is 434. The van der Waals surface area contributed by atoms with E-state index >= 15 is 0 Å². The minimum Gasteiger partial charge on any atom is -0.454 e. The summed E-state index contributed by atoms with van der Waals surface area (Å²) in [5.41, 5.74) is 0.899. The molecule has 0 aromatic heterocycles. The molecule has 0 aliphatic carbocycles. The Kier molecular flexibility index (Phi) is 2.42. The van der Waals surface area contributed by atoms with E-state index in [-0.39, 0.29) is 6.79 Å². The van der Waals surface area contributed by atoms with Crippen molar-refractivity contribution in [2.45, 2.75) is 0 Å². The van der Waals surface area contributed by atoms with Crippen molar-refractivity contribution in [1.82, 2.24) is 0 Å². The van der Waals surface area contributed by atoms with Crippen LogP contribution in [0.4, 0.5) is 0 Å². The average molecular weight is 252 g/mol. The number of nitriles is 1. The van der Waals surface area contributed by atoms with Crippen LogP contribution >= 0.6 is 15.9 Å². The molecule has 0 N–H and O–H groups in total. The molecule has 0 atom stereocenters. The molecule has 1 aliphatic rings. The Morgan fingerprint density at radius 1 is 1.36 bits per heavy atom. The highest BCUT2D eigenvalue weighted by Gasteiger charge is 2.14. The van der Waals surface area contributed by atoms with Gasteiger partial charge in [-0.15, -0.1) is 0 Å². The first-order valence-corrected chi connectivity index (χ1v) is 4.76. The van der Waals surface area contributed by atoms with Crippen LogP contribution in [-0.4, -0.2) is 6.79 Å². The van der Waals surface area contributed by atoms with Crippen molar-refractivity contribution in [2.75, 3.05) is 6.79 Å². The standard InChI is InChI=1S/C10H6BrNO2/c11-8-5-10-9(13-6-14-10)4-7(8)2-1-3-12/h1-2,4-5H,6H2. The average Bonchev–Trinajstić information content (AvgIpc) is 2.61. The van der Waals surface area contributed by atoms with Gasteiger partial charge in [0.1, 0.15) is 0 Å². The Labute approximate surface area is 89.7 Å². The molecule has 14 heavy (non-hydrogen) atoms. The van der Waals surface area contributed by atoms with Crippen LogP contribution in [0.3, 0.4) is 0 Å². The van der Waals surface area contributed by atoms with Crippen molar-refractivity contribution in [3.05, 3.63) is 28.2 Å². The molecule has 1 aromatic carbocycles. The lowest BCUT2D eigenvalue weighted by molar-refractivity contribution is 0.174. The molecule has 0 saturated heterocycles. The van der Waals surface area contributed by atoms with Gasteiger partial charge in [0.05, 0.1) is 6.07 Å². The van der Waals surface area contributed by atoms with Gasteiger partial charge in [-0.05, 0) is 23.8 Å². The molecule has 0 fully saturated rings. The second-order valence-corrected chi connectivity index (χ2v) is 3.54. The molecule has 0 bridgehead atoms. The van der Waals surface area contributed by atoms with Crippen LogP contribution in [-0.2, 0) is 0 Å². The van der Waals surface area contributed by atoms with Gasteiger partial charge in [-0.3, -0.25) is 0 Å². The number of fused-ring (bicyclic) bond motifs is 1. The van der Waals surface area contributed by atoms with E-state index in [9.17, 15) is 0 Å². The minimum absolute atomic E-state index is 0.257. The van der Waals surface area contributed by atoms with E-state index in [0.717, 1.165) is 15.8 Å². The third-order valence-corrected chi connectivity index (χ3v) is 2.52. The molecule has 0 spiro atoms. The largest absolute Gasteiger partial charge is 0.454 e. The van der Waals surface area contributed by atoms with Crippen LogP contribution in [0.15, 0.2) is 22.7 Å². The number of benzene rings is 1. The third-order valence-electron chi connectivity index (χ3n) is 1.83. The predicted molar refractivity (Wildman–Crippen MR) is 54.9 cm³/mol. The van der Waals surface area contributed by atoms with Gasteiger partial charge in [0.25, 0.3) is 0 Å². The second kappa shape index (κ2) is 3.72. The number of hydrogen-bond donors (Lipinski definition) is 0. The van der Waals surface area contributed by atoms with Crippen molar-refractivity contribution in [3.63, 3.8) is 0 Å². The van der Waals surface area contributed by atoms with Crippen LogP contribution in [0.25, 0.3) is 6.08 Å². The lowest BCUT2D eigenvalue weighted by Crippen LogP contribution is -1.92. The summed E-state index contributed by atoms with van der Waals surface area (Å²) in [4.78, 5) is 0. The normalized spacial score (nSPS) is 13.1. The van der Waals surface area contributed by atoms with Crippen molar-refractivity contribution < 1.29 is 9.47 Å². The van der Waals surface area contributed by atoms with Gasteiger partial charge in [0.15, 0.2) is 11.5 Å². The highest BCUT2D eigenvalue weighted by Crippen LogP contribution is 2.37. The first-order valence-electron chi connectivity index (χ1n) is 3.96. The Hall–Kier alpha value is -1.47. The molecule has 3 nitrogen and oxygen atoms in total. The summed E-state index contributed by atoms with van der Waals surface area (Å²) in [5.74, 6) is 1.44. The first-order chi connectivity index (χ1) is 6.81. The van der Waals surface area contributed by atoms with E-state index in [1.165, 1.54) is 6.08 Å². The second-order valence-electron chi connectivity index (χ2n) is 2.69. The maximum atomic E-state index is 8.40. The van der Waals surface area contributed by atoms with Crippen LogP contribution < -0.4 is 9.47 Å². The molecular formula is C10H6BrNO2. The fourth-order valence-electron chi connectivity index (χ4n) is 1.19. The van der Waals surface area contributed by atoms with Gasteiger partial charge in [-0.1, -0.05) is 15.9 Å². The number of nitrogens with zero attached hydrogens (tertiary/aromatic N) is 1. The van der Waals surface area contributed by atoms with E-state index in [1.54, 1.807) is 6.08 Å². The van der Waals surface area contributed by atoms with Gasteiger partial charge in [-0.25, -0.2) is 0 Å². The van der Waals surface area contributed by atoms with Crippen LogP contribution in [0.1, 0.15) is 5.56 Å². The summed E-state index contributed by atoms with van der Waals surface area (Å²) in [7, 11) is 0. The van der Waals surface area contributed by atoms with Crippen molar-refractivity contribution in [1.29, 1.82) is 5.26 Å². The molecular weight excluding hydrogens is 246 g/mol. The Balaban J connectivity index is 2.43. The molecule has 70 valence electrons. The van der Waals surface area contributed by atoms with Crippen LogP contribution in [0.2, 0.25) is 0 Å². The first kappa shape index (κ1) is 9.10. The molecule has 2 rings (SSSR count). The number of ether oxygens (including phenoxy) is 2. The highest BCUT2D eigenvalue weighted by molar-refractivity contribution is 9.10. The molecule has 0 unspecified atom stereocenters. The maximum absolute atomic E-state index is 8.40. The zero-order chi connectivity index (χ0) is 9.97. The molecule has 1 heterocycles. The molecule has 0 amide bonds. The molecule has 0 radical (unpaired) electrons. The zero-order valence-electron chi connectivity index (χ0n) is 7.16. The van der Waals surface area contributed by atoms with Gasteiger partial charge in [-0.2, -0.15) is 5.26 Å². The molecule has 1 aliphatic heterocycles. The number of hydrogen-bond acceptors (Lipinski definition) is 3. The number of halogens is 1. The van der Waals surface area contributed by atoms with Gasteiger partial charge >= 0.3 is 0 Å². The summed E-state index contributed by atoms with van der Waals surface area (Å²) < 4.78 is 11.3. The van der Waals surface area contributed by atoms with Crippen molar-refractivity contribution >= 4 is 22.0 Å². The Morgan fingerprint density at radius 2 is 2.07 bits per heavy atom. The topological polar surface area (TPSA) is 42.2 Å². The third kappa shape index (κ3) is 1.59. The van der Waals surface area contributed by atoms with Crippen molar-refractivity contribution in [2.24, 2.45) is 0 Å². The fourth-order valence-corrected chi connectivity index (χ4v) is 1.64. The van der Waals surface area contributed by atoms with Crippen LogP contribution in [0, 0.1) is 11.3 Å². The summed E-state index contributed by atoms with van der Waals surface area (Å²) in [5, 5.41) is 8.40. The quantitative estimate of drug-likeness (QED) is 0.721. The van der Waals surface area contributed by atoms with Gasteiger partial charge in [0.2, 0.25) is 6.79 Å². The van der Waals surface area contributed by atoms with Gasteiger partial charge < -0.3 is 9.47 Å². The number of allylic oxidation sites excluding steroid dienone is 1. The predicted octanol–water partition coefficient (Wildman–Crippen LogP) is 2.71. The SMILES string of the molecule is N#CC=Cc1cc2c(cc1Br)OCO2. The van der Waals surface area contributed by atoms with Crippen molar-refractivity contribution in [3.8, 4) is 17.6 Å². The molecule has 0 saturated carbocycles. The van der Waals surface area contributed by atoms with Gasteiger partial charge in [0, 0.05) is 10.5 Å². The highest BCUT2D eigenvalue weighted by atomic mass is 79.9. The van der Waals surface area contributed by atoms with E-state index in [1.807, 2.05) is 18.2 Å². The van der Waals surface area contributed by atoms with E-state index in [0.29, 0.717) is 5.75 Å². The fraction of sp³-hybridized carbons (Fsp3) is 0.100. The maximum Gasteiger partial charge on any atom is 0.231 e. The molecule has 1 aromatic rings. The Morgan fingerprint density at radius 3 is 2.79 bits per heavy atom. The minimum atomic E-state index is 0.257. The summed E-state index contributed by atoms with van der Waals surface area (Å²) in [6.07, 6.45) is 3.13. The van der Waals surface area contributed by atoms with Crippen LogP contribution in [0.5, 0.6) is 11.5 Å². The monoisotopic (exact) mass is 251 g/mol. The smallest absolute Gasteiger partial charge is 0.231 e. The summed E-state index contributed by atoms with van der Waals surface area (Å²) in [6, 6.07) is 5.60. The summed E-state index contributed by atoms with van der Waals surface area (Å²) >= 11 is 3.38. The number of rotatable bonds is 1. The zero-order valence-corrected chi connectivity index (χ0v) is 8.74. The lowest BCUT2D eigenvalue weighted by atomic mass is 10.2. The lowest BCUT2D eigenvalue weighted by Gasteiger charge is -2.00. The summed E-state index contributed by atoms with van der Waals surface area (Å²) in [6.45, 7) is 0.257. The molecule has 4 heteroatoms.